The molecular formula is C6H8F3NO4S. The Bertz CT molecular complexity index is 370. The number of sulfonamides is 1. The summed E-state index contributed by atoms with van der Waals surface area (Å²) in [4.78, 5) is 10.2. The maximum atomic E-state index is 11.7. The summed E-state index contributed by atoms with van der Waals surface area (Å²) in [5, 5.41) is 8.30. The van der Waals surface area contributed by atoms with Crippen LogP contribution in [0.15, 0.2) is 11.6 Å². The van der Waals surface area contributed by atoms with Crippen LogP contribution in [0.25, 0.3) is 0 Å². The van der Waals surface area contributed by atoms with E-state index in [0.29, 0.717) is 0 Å². The Kier molecular flexibility index (Phi) is 4.28. The van der Waals surface area contributed by atoms with Gasteiger partial charge in [-0.05, 0) is 6.92 Å². The lowest BCUT2D eigenvalue weighted by Gasteiger charge is -2.07. The minimum atomic E-state index is -5.41. The van der Waals surface area contributed by atoms with Crippen LogP contribution in [-0.4, -0.2) is 31.5 Å². The van der Waals surface area contributed by atoms with Crippen LogP contribution in [0.3, 0.4) is 0 Å². The van der Waals surface area contributed by atoms with Crippen molar-refractivity contribution in [2.75, 3.05) is 6.54 Å². The summed E-state index contributed by atoms with van der Waals surface area (Å²) in [6, 6.07) is 0. The van der Waals surface area contributed by atoms with Crippen molar-refractivity contribution in [3.05, 3.63) is 11.6 Å². The standard InChI is InChI=1S/C6H8F3NO4S/c1-4(5(11)12)2-3-10-15(13,14)6(7,8)9/h2,10H,3H2,1H3,(H,11,12). The number of aliphatic carboxylic acids is 1. The number of carboxylic acids is 1. The zero-order valence-corrected chi connectivity index (χ0v) is 8.32. The molecule has 0 aliphatic rings. The highest BCUT2D eigenvalue weighted by Gasteiger charge is 2.45. The number of alkyl halides is 3. The van der Waals surface area contributed by atoms with E-state index in [2.05, 4.69) is 0 Å². The fourth-order valence-electron chi connectivity index (χ4n) is 0.474. The summed E-state index contributed by atoms with van der Waals surface area (Å²) < 4.78 is 57.2. The van der Waals surface area contributed by atoms with Crippen molar-refractivity contribution in [1.82, 2.24) is 4.72 Å². The molecule has 0 heterocycles. The molecule has 0 spiro atoms. The second-order valence-corrected chi connectivity index (χ2v) is 4.25. The maximum absolute atomic E-state index is 11.7. The molecule has 2 N–H and O–H groups in total. The number of carboxylic acid groups (broad SMARTS) is 1. The van der Waals surface area contributed by atoms with Crippen LogP contribution in [0.2, 0.25) is 0 Å². The molecule has 0 amide bonds. The third-order valence-electron chi connectivity index (χ3n) is 1.32. The average Bonchev–Trinajstić information content (AvgIpc) is 2.01. The lowest BCUT2D eigenvalue weighted by Crippen LogP contribution is -2.36. The van der Waals surface area contributed by atoms with Gasteiger partial charge in [-0.25, -0.2) is 17.9 Å². The van der Waals surface area contributed by atoms with Crippen LogP contribution in [0.4, 0.5) is 13.2 Å². The Morgan fingerprint density at radius 1 is 1.47 bits per heavy atom. The van der Waals surface area contributed by atoms with E-state index in [-0.39, 0.29) is 5.57 Å². The highest BCUT2D eigenvalue weighted by Crippen LogP contribution is 2.21. The van der Waals surface area contributed by atoms with Gasteiger partial charge in [0.2, 0.25) is 0 Å². The van der Waals surface area contributed by atoms with Gasteiger partial charge in [0.25, 0.3) is 0 Å². The second-order valence-electron chi connectivity index (χ2n) is 2.49. The first kappa shape index (κ1) is 13.9. The van der Waals surface area contributed by atoms with Crippen molar-refractivity contribution in [3.63, 3.8) is 0 Å². The molecule has 0 bridgehead atoms. The Hall–Kier alpha value is -1.09. The molecule has 88 valence electrons. The fourth-order valence-corrected chi connectivity index (χ4v) is 0.940. The summed E-state index contributed by atoms with van der Waals surface area (Å²) in [6.07, 6.45) is 0.825. The Labute approximate surface area is 83.6 Å². The van der Waals surface area contributed by atoms with Crippen molar-refractivity contribution in [1.29, 1.82) is 0 Å². The predicted octanol–water partition coefficient (Wildman–Crippen LogP) is 0.457. The van der Waals surface area contributed by atoms with Crippen molar-refractivity contribution in [2.45, 2.75) is 12.4 Å². The molecule has 0 aromatic carbocycles. The molecule has 5 nitrogen and oxygen atoms in total. The molecule has 0 unspecified atom stereocenters. The highest BCUT2D eigenvalue weighted by atomic mass is 32.2. The average molecular weight is 247 g/mol. The van der Waals surface area contributed by atoms with E-state index in [1.165, 1.54) is 4.72 Å². The van der Waals surface area contributed by atoms with Gasteiger partial charge in [-0.3, -0.25) is 0 Å². The van der Waals surface area contributed by atoms with E-state index in [4.69, 9.17) is 5.11 Å². The largest absolute Gasteiger partial charge is 0.511 e. The van der Waals surface area contributed by atoms with Gasteiger partial charge < -0.3 is 5.11 Å². The molecule has 15 heavy (non-hydrogen) atoms. The molecule has 0 aromatic heterocycles. The second kappa shape index (κ2) is 4.62. The lowest BCUT2D eigenvalue weighted by molar-refractivity contribution is -0.132. The SMILES string of the molecule is CC(=CCNS(=O)(=O)C(F)(F)F)C(=O)O. The third-order valence-corrected chi connectivity index (χ3v) is 2.48. The van der Waals surface area contributed by atoms with Crippen molar-refractivity contribution in [2.24, 2.45) is 0 Å². The highest BCUT2D eigenvalue weighted by molar-refractivity contribution is 7.90. The first-order chi connectivity index (χ1) is 6.58. The van der Waals surface area contributed by atoms with Gasteiger partial charge in [0.15, 0.2) is 0 Å². The summed E-state index contributed by atoms with van der Waals surface area (Å²) in [7, 11) is -5.41. The van der Waals surface area contributed by atoms with E-state index in [1.54, 1.807) is 0 Å². The zero-order chi connectivity index (χ0) is 12.3. The number of hydrogen-bond donors (Lipinski definition) is 2. The molecular weight excluding hydrogens is 239 g/mol. The van der Waals surface area contributed by atoms with Gasteiger partial charge in [0.1, 0.15) is 0 Å². The van der Waals surface area contributed by atoms with Gasteiger partial charge in [0, 0.05) is 12.1 Å². The quantitative estimate of drug-likeness (QED) is 0.707. The predicted molar refractivity (Wildman–Crippen MR) is 44.4 cm³/mol. The maximum Gasteiger partial charge on any atom is 0.511 e. The minimum absolute atomic E-state index is 0.250. The molecule has 0 aliphatic heterocycles. The van der Waals surface area contributed by atoms with Crippen molar-refractivity contribution >= 4 is 16.0 Å². The smallest absolute Gasteiger partial charge is 0.478 e. The number of rotatable bonds is 4. The molecule has 0 aliphatic carbocycles. The normalized spacial score (nSPS) is 14.0. The van der Waals surface area contributed by atoms with Crippen molar-refractivity contribution in [3.8, 4) is 0 Å². The minimum Gasteiger partial charge on any atom is -0.478 e. The Morgan fingerprint density at radius 2 is 1.93 bits per heavy atom. The van der Waals surface area contributed by atoms with Crippen LogP contribution in [0, 0.1) is 0 Å². The van der Waals surface area contributed by atoms with Gasteiger partial charge in [-0.2, -0.15) is 13.2 Å². The van der Waals surface area contributed by atoms with Crippen LogP contribution in [-0.2, 0) is 14.8 Å². The number of halogens is 3. The lowest BCUT2D eigenvalue weighted by atomic mass is 10.3. The van der Waals surface area contributed by atoms with Gasteiger partial charge >= 0.3 is 21.5 Å². The molecule has 0 radical (unpaired) electrons. The van der Waals surface area contributed by atoms with Crippen LogP contribution in [0.1, 0.15) is 6.92 Å². The topological polar surface area (TPSA) is 83.5 Å². The van der Waals surface area contributed by atoms with E-state index >= 15 is 0 Å². The summed E-state index contributed by atoms with van der Waals surface area (Å²) in [6.45, 7) is 0.407. The summed E-state index contributed by atoms with van der Waals surface area (Å²) in [5.74, 6) is -1.33. The number of nitrogens with one attached hydrogen (secondary N) is 1. The molecule has 9 heteroatoms. The number of carbonyl (C=O) groups is 1. The van der Waals surface area contributed by atoms with E-state index in [9.17, 15) is 26.4 Å². The zero-order valence-electron chi connectivity index (χ0n) is 7.50. The first-order valence-electron chi connectivity index (χ1n) is 3.54. The summed E-state index contributed by atoms with van der Waals surface area (Å²) in [5.41, 5.74) is -5.64. The van der Waals surface area contributed by atoms with Crippen LogP contribution >= 0.6 is 0 Å². The van der Waals surface area contributed by atoms with Crippen molar-refractivity contribution < 1.29 is 31.5 Å². The molecule has 0 rings (SSSR count). The summed E-state index contributed by atoms with van der Waals surface area (Å²) >= 11 is 0. The van der Waals surface area contributed by atoms with Gasteiger partial charge in [-0.1, -0.05) is 6.08 Å². The monoisotopic (exact) mass is 247 g/mol. The van der Waals surface area contributed by atoms with Crippen LogP contribution in [0.5, 0.6) is 0 Å². The Balaban J connectivity index is 4.44. The van der Waals surface area contributed by atoms with Gasteiger partial charge in [0.05, 0.1) is 0 Å². The van der Waals surface area contributed by atoms with E-state index in [0.717, 1.165) is 13.0 Å². The molecule has 0 saturated carbocycles. The molecule has 0 fully saturated rings. The molecule has 0 atom stereocenters. The fraction of sp³-hybridized carbons (Fsp3) is 0.500. The number of hydrogen-bond acceptors (Lipinski definition) is 3. The van der Waals surface area contributed by atoms with Gasteiger partial charge in [-0.15, -0.1) is 0 Å². The third kappa shape index (κ3) is 4.30. The van der Waals surface area contributed by atoms with Crippen LogP contribution < -0.4 is 4.72 Å². The molecule has 0 saturated heterocycles. The van der Waals surface area contributed by atoms with E-state index in [1.807, 2.05) is 0 Å². The molecule has 0 aromatic rings. The first-order valence-corrected chi connectivity index (χ1v) is 5.02. The Morgan fingerprint density at radius 3 is 2.27 bits per heavy atom. The van der Waals surface area contributed by atoms with E-state index < -0.39 is 28.0 Å².